The number of carbonyl (C=O) groups excluding carboxylic acids is 1. The van der Waals surface area contributed by atoms with Crippen molar-refractivity contribution in [3.05, 3.63) is 60.4 Å². The van der Waals surface area contributed by atoms with E-state index in [0.717, 1.165) is 4.90 Å². The van der Waals surface area contributed by atoms with E-state index in [0.29, 0.717) is 5.69 Å². The first-order chi connectivity index (χ1) is 9.15. The minimum atomic E-state index is -0.360. The number of benzene rings is 2. The zero-order chi connectivity index (χ0) is 13.7. The SMILES string of the molecule is C[C@H](Sc1ccccc1)C(=O)Nc1cccc(F)c1. The predicted molar refractivity (Wildman–Crippen MR) is 76.8 cm³/mol. The van der Waals surface area contributed by atoms with Gasteiger partial charge in [0.05, 0.1) is 5.25 Å². The number of nitrogens with one attached hydrogen (secondary N) is 1. The molecule has 0 fully saturated rings. The van der Waals surface area contributed by atoms with Gasteiger partial charge in [-0.05, 0) is 37.3 Å². The maximum Gasteiger partial charge on any atom is 0.237 e. The first-order valence-corrected chi connectivity index (χ1v) is 6.81. The molecule has 1 N–H and O–H groups in total. The van der Waals surface area contributed by atoms with Crippen LogP contribution in [0.4, 0.5) is 10.1 Å². The highest BCUT2D eigenvalue weighted by Crippen LogP contribution is 2.23. The van der Waals surface area contributed by atoms with Gasteiger partial charge in [-0.2, -0.15) is 0 Å². The third-order valence-corrected chi connectivity index (χ3v) is 3.63. The Kier molecular flexibility index (Phi) is 4.58. The molecule has 0 aliphatic rings. The fourth-order valence-electron chi connectivity index (χ4n) is 1.57. The lowest BCUT2D eigenvalue weighted by atomic mass is 10.3. The van der Waals surface area contributed by atoms with Gasteiger partial charge in [0, 0.05) is 10.6 Å². The Morgan fingerprint density at radius 1 is 1.16 bits per heavy atom. The van der Waals surface area contributed by atoms with Crippen LogP contribution in [0.15, 0.2) is 59.5 Å². The fraction of sp³-hybridized carbons (Fsp3) is 0.133. The normalized spacial score (nSPS) is 11.9. The summed E-state index contributed by atoms with van der Waals surface area (Å²) in [6, 6.07) is 15.6. The molecule has 0 unspecified atom stereocenters. The van der Waals surface area contributed by atoms with Gasteiger partial charge >= 0.3 is 0 Å². The Labute approximate surface area is 116 Å². The summed E-state index contributed by atoms with van der Waals surface area (Å²) >= 11 is 1.47. The molecule has 0 radical (unpaired) electrons. The summed E-state index contributed by atoms with van der Waals surface area (Å²) in [4.78, 5) is 13.0. The number of thioether (sulfide) groups is 1. The van der Waals surface area contributed by atoms with E-state index in [4.69, 9.17) is 0 Å². The minimum Gasteiger partial charge on any atom is -0.325 e. The standard InChI is InChI=1S/C15H14FNOS/c1-11(19-14-8-3-2-4-9-14)15(18)17-13-7-5-6-12(16)10-13/h2-11H,1H3,(H,17,18)/t11-/m0/s1. The lowest BCUT2D eigenvalue weighted by molar-refractivity contribution is -0.115. The summed E-state index contributed by atoms with van der Waals surface area (Å²) < 4.78 is 13.0. The number of anilines is 1. The molecule has 1 atom stereocenters. The molecular formula is C15H14FNOS. The van der Waals surface area contributed by atoms with Crippen LogP contribution in [0.5, 0.6) is 0 Å². The summed E-state index contributed by atoms with van der Waals surface area (Å²) in [5.74, 6) is -0.499. The second kappa shape index (κ2) is 6.38. The van der Waals surface area contributed by atoms with Crippen molar-refractivity contribution in [1.29, 1.82) is 0 Å². The van der Waals surface area contributed by atoms with E-state index in [1.165, 1.54) is 23.9 Å². The van der Waals surface area contributed by atoms with Crippen molar-refractivity contribution in [3.63, 3.8) is 0 Å². The third kappa shape index (κ3) is 4.10. The monoisotopic (exact) mass is 275 g/mol. The molecule has 0 heterocycles. The smallest absolute Gasteiger partial charge is 0.237 e. The van der Waals surface area contributed by atoms with Crippen LogP contribution in [-0.4, -0.2) is 11.2 Å². The van der Waals surface area contributed by atoms with E-state index < -0.39 is 0 Å². The van der Waals surface area contributed by atoms with Crippen molar-refractivity contribution in [1.82, 2.24) is 0 Å². The van der Waals surface area contributed by atoms with Gasteiger partial charge in [-0.1, -0.05) is 24.3 Å². The summed E-state index contributed by atoms with van der Waals surface area (Å²) in [6.07, 6.45) is 0. The summed E-state index contributed by atoms with van der Waals surface area (Å²) in [6.45, 7) is 1.83. The summed E-state index contributed by atoms with van der Waals surface area (Å²) in [5.41, 5.74) is 0.477. The van der Waals surface area contributed by atoms with Crippen LogP contribution in [0, 0.1) is 5.82 Å². The summed E-state index contributed by atoms with van der Waals surface area (Å²) in [5, 5.41) is 2.46. The van der Waals surface area contributed by atoms with Crippen molar-refractivity contribution in [2.75, 3.05) is 5.32 Å². The fourth-order valence-corrected chi connectivity index (χ4v) is 2.46. The Morgan fingerprint density at radius 2 is 1.89 bits per heavy atom. The topological polar surface area (TPSA) is 29.1 Å². The molecule has 0 saturated carbocycles. The van der Waals surface area contributed by atoms with Gasteiger partial charge in [-0.25, -0.2) is 4.39 Å². The van der Waals surface area contributed by atoms with Crippen molar-refractivity contribution in [2.45, 2.75) is 17.1 Å². The molecule has 2 aromatic carbocycles. The number of hydrogen-bond acceptors (Lipinski definition) is 2. The number of carbonyl (C=O) groups is 1. The van der Waals surface area contributed by atoms with Crippen molar-refractivity contribution in [3.8, 4) is 0 Å². The molecule has 19 heavy (non-hydrogen) atoms. The van der Waals surface area contributed by atoms with Crippen LogP contribution in [0.3, 0.4) is 0 Å². The van der Waals surface area contributed by atoms with Crippen molar-refractivity contribution in [2.24, 2.45) is 0 Å². The minimum absolute atomic E-state index is 0.139. The molecule has 4 heteroatoms. The zero-order valence-corrected chi connectivity index (χ0v) is 11.3. The van der Waals surface area contributed by atoms with Gasteiger partial charge < -0.3 is 5.32 Å². The molecule has 0 aliphatic heterocycles. The van der Waals surface area contributed by atoms with E-state index in [1.54, 1.807) is 12.1 Å². The number of hydrogen-bond donors (Lipinski definition) is 1. The van der Waals surface area contributed by atoms with Gasteiger partial charge in [-0.15, -0.1) is 11.8 Å². The maximum atomic E-state index is 13.0. The highest BCUT2D eigenvalue weighted by Gasteiger charge is 2.14. The molecular weight excluding hydrogens is 261 g/mol. The average molecular weight is 275 g/mol. The molecule has 1 amide bonds. The molecule has 2 aromatic rings. The maximum absolute atomic E-state index is 13.0. The van der Waals surface area contributed by atoms with E-state index in [2.05, 4.69) is 5.32 Å². The zero-order valence-electron chi connectivity index (χ0n) is 10.5. The molecule has 0 saturated heterocycles. The molecule has 0 bridgehead atoms. The van der Waals surface area contributed by atoms with Crippen molar-refractivity contribution < 1.29 is 9.18 Å². The van der Waals surface area contributed by atoms with E-state index >= 15 is 0 Å². The molecule has 2 nitrogen and oxygen atoms in total. The van der Waals surface area contributed by atoms with Gasteiger partial charge in [0.15, 0.2) is 0 Å². The van der Waals surface area contributed by atoms with Crippen LogP contribution in [-0.2, 0) is 4.79 Å². The number of halogens is 1. The quantitative estimate of drug-likeness (QED) is 0.856. The second-order valence-electron chi connectivity index (χ2n) is 4.07. The molecule has 0 spiro atoms. The summed E-state index contributed by atoms with van der Waals surface area (Å²) in [7, 11) is 0. The molecule has 98 valence electrons. The predicted octanol–water partition coefficient (Wildman–Crippen LogP) is 3.95. The average Bonchev–Trinajstić information content (AvgIpc) is 2.40. The third-order valence-electron chi connectivity index (χ3n) is 2.52. The first-order valence-electron chi connectivity index (χ1n) is 5.93. The largest absolute Gasteiger partial charge is 0.325 e. The van der Waals surface area contributed by atoms with E-state index in [1.807, 2.05) is 37.3 Å². The number of rotatable bonds is 4. The van der Waals surface area contributed by atoms with Crippen LogP contribution < -0.4 is 5.32 Å². The van der Waals surface area contributed by atoms with Crippen LogP contribution >= 0.6 is 11.8 Å². The first kappa shape index (κ1) is 13.6. The van der Waals surface area contributed by atoms with Crippen LogP contribution in [0.25, 0.3) is 0 Å². The Balaban J connectivity index is 1.96. The van der Waals surface area contributed by atoms with Crippen LogP contribution in [0.1, 0.15) is 6.92 Å². The Bertz CT molecular complexity index is 559. The lowest BCUT2D eigenvalue weighted by Crippen LogP contribution is -2.22. The number of amides is 1. The second-order valence-corrected chi connectivity index (χ2v) is 5.49. The van der Waals surface area contributed by atoms with E-state index in [9.17, 15) is 9.18 Å². The van der Waals surface area contributed by atoms with Gasteiger partial charge in [0.2, 0.25) is 5.91 Å². The molecule has 0 aromatic heterocycles. The highest BCUT2D eigenvalue weighted by atomic mass is 32.2. The van der Waals surface area contributed by atoms with Gasteiger partial charge in [0.1, 0.15) is 5.82 Å². The van der Waals surface area contributed by atoms with Gasteiger partial charge in [0.25, 0.3) is 0 Å². The lowest BCUT2D eigenvalue weighted by Gasteiger charge is -2.12. The van der Waals surface area contributed by atoms with Crippen molar-refractivity contribution >= 4 is 23.4 Å². The van der Waals surface area contributed by atoms with Crippen LogP contribution in [0.2, 0.25) is 0 Å². The molecule has 0 aliphatic carbocycles. The Hall–Kier alpha value is -1.81. The Morgan fingerprint density at radius 3 is 2.58 bits per heavy atom. The van der Waals surface area contributed by atoms with E-state index in [-0.39, 0.29) is 17.0 Å². The highest BCUT2D eigenvalue weighted by molar-refractivity contribution is 8.00. The van der Waals surface area contributed by atoms with Gasteiger partial charge in [-0.3, -0.25) is 4.79 Å². The molecule has 2 rings (SSSR count).